The van der Waals surface area contributed by atoms with Gasteiger partial charge in [-0.2, -0.15) is 12.6 Å². The van der Waals surface area contributed by atoms with Gasteiger partial charge in [-0.05, 0) is 27.6 Å². The van der Waals surface area contributed by atoms with Gasteiger partial charge in [-0.15, -0.1) is 0 Å². The fourth-order valence-corrected chi connectivity index (χ4v) is 1.06. The van der Waals surface area contributed by atoms with Crippen LogP contribution in [0.2, 0.25) is 0 Å². The zero-order valence-electron chi connectivity index (χ0n) is 11.2. The van der Waals surface area contributed by atoms with E-state index in [-0.39, 0.29) is 5.97 Å². The number of hydrogen-bond donors (Lipinski definition) is 1. The molecule has 0 fully saturated rings. The monoisotopic (exact) mass is 249 g/mol. The maximum Gasteiger partial charge on any atom is 0.306 e. The molecule has 3 nitrogen and oxygen atoms in total. The van der Waals surface area contributed by atoms with Gasteiger partial charge in [0.25, 0.3) is 0 Å². The van der Waals surface area contributed by atoms with E-state index in [0.717, 1.165) is 12.8 Å². The van der Waals surface area contributed by atoms with Crippen LogP contribution in [-0.2, 0) is 9.53 Å². The number of thiol groups is 1. The molecule has 0 atom stereocenters. The Morgan fingerprint density at radius 3 is 2.19 bits per heavy atom. The molecule has 0 bridgehead atoms. The second-order valence-corrected chi connectivity index (χ2v) is 4.54. The second-order valence-electron chi connectivity index (χ2n) is 4.10. The topological polar surface area (TPSA) is 29.5 Å². The summed E-state index contributed by atoms with van der Waals surface area (Å²) < 4.78 is 4.94. The first-order valence-corrected chi connectivity index (χ1v) is 6.55. The normalized spacial score (nSPS) is 9.62. The molecule has 0 saturated heterocycles. The minimum Gasteiger partial charge on any atom is -0.466 e. The van der Waals surface area contributed by atoms with Crippen LogP contribution < -0.4 is 0 Å². The van der Waals surface area contributed by atoms with Gasteiger partial charge in [0.05, 0.1) is 13.0 Å². The van der Waals surface area contributed by atoms with Gasteiger partial charge < -0.3 is 9.64 Å². The predicted molar refractivity (Wildman–Crippen MR) is 73.2 cm³/mol. The molecule has 0 rings (SSSR count). The van der Waals surface area contributed by atoms with Crippen LogP contribution >= 0.6 is 12.6 Å². The van der Waals surface area contributed by atoms with Crippen LogP contribution in [0.1, 0.15) is 39.0 Å². The molecule has 98 valence electrons. The van der Waals surface area contributed by atoms with Gasteiger partial charge in [0.2, 0.25) is 0 Å². The van der Waals surface area contributed by atoms with E-state index in [1.54, 1.807) is 0 Å². The zero-order chi connectivity index (χ0) is 12.8. The Hall–Kier alpha value is -0.220. The van der Waals surface area contributed by atoms with E-state index in [1.165, 1.54) is 12.8 Å². The third-order valence-corrected chi connectivity index (χ3v) is 1.80. The lowest BCUT2D eigenvalue weighted by Crippen LogP contribution is -2.05. The Morgan fingerprint density at radius 1 is 1.19 bits per heavy atom. The van der Waals surface area contributed by atoms with Gasteiger partial charge in [-0.1, -0.05) is 26.2 Å². The lowest BCUT2D eigenvalue weighted by molar-refractivity contribution is -0.143. The fraction of sp³-hybridized carbons (Fsp3) is 0.917. The van der Waals surface area contributed by atoms with Crippen LogP contribution in [0.4, 0.5) is 0 Å². The molecule has 0 aliphatic rings. The van der Waals surface area contributed by atoms with Gasteiger partial charge in [0.1, 0.15) is 0 Å². The fourth-order valence-electron chi connectivity index (χ4n) is 0.878. The van der Waals surface area contributed by atoms with Crippen molar-refractivity contribution in [3.8, 4) is 0 Å². The number of esters is 1. The first-order valence-electron chi connectivity index (χ1n) is 5.92. The summed E-state index contributed by atoms with van der Waals surface area (Å²) in [6.07, 6.45) is 5.02. The number of ether oxygens (including phenoxy) is 1. The van der Waals surface area contributed by atoms with E-state index in [1.807, 2.05) is 26.0 Å². The van der Waals surface area contributed by atoms with Crippen LogP contribution in [0.5, 0.6) is 0 Å². The Kier molecular flexibility index (Phi) is 16.8. The highest BCUT2D eigenvalue weighted by Gasteiger charge is 1.99. The van der Waals surface area contributed by atoms with Crippen molar-refractivity contribution in [1.82, 2.24) is 4.90 Å². The highest BCUT2D eigenvalue weighted by molar-refractivity contribution is 7.80. The largest absolute Gasteiger partial charge is 0.466 e. The maximum absolute atomic E-state index is 10.8. The molecular weight excluding hydrogens is 222 g/mol. The minimum atomic E-state index is -0.124. The van der Waals surface area contributed by atoms with E-state index in [4.69, 9.17) is 4.74 Å². The number of unbranched alkanes of at least 4 members (excludes halogenated alkanes) is 3. The van der Waals surface area contributed by atoms with Gasteiger partial charge in [-0.25, -0.2) is 0 Å². The molecule has 0 unspecified atom stereocenters. The lowest BCUT2D eigenvalue weighted by atomic mass is 10.2. The van der Waals surface area contributed by atoms with E-state index < -0.39 is 0 Å². The molecule has 0 spiro atoms. The number of rotatable bonds is 7. The second kappa shape index (κ2) is 14.8. The molecule has 0 radical (unpaired) electrons. The summed E-state index contributed by atoms with van der Waals surface area (Å²) in [5, 5.41) is 0. The molecule has 0 saturated carbocycles. The van der Waals surface area contributed by atoms with Crippen molar-refractivity contribution in [2.45, 2.75) is 39.0 Å². The summed E-state index contributed by atoms with van der Waals surface area (Å²) in [6, 6.07) is 0. The molecule has 0 aromatic heterocycles. The average Bonchev–Trinajstić information content (AvgIpc) is 2.17. The van der Waals surface area contributed by atoms with E-state index in [2.05, 4.69) is 19.6 Å². The number of nitrogens with zero attached hydrogens (tertiary/aromatic N) is 1. The van der Waals surface area contributed by atoms with Crippen molar-refractivity contribution in [2.24, 2.45) is 0 Å². The number of hydrogen-bond acceptors (Lipinski definition) is 4. The van der Waals surface area contributed by atoms with Crippen molar-refractivity contribution in [1.29, 1.82) is 0 Å². The summed E-state index contributed by atoms with van der Waals surface area (Å²) in [6.45, 7) is 2.74. The highest BCUT2D eigenvalue weighted by atomic mass is 32.1. The average molecular weight is 249 g/mol. The van der Waals surface area contributed by atoms with Gasteiger partial charge in [0, 0.05) is 5.75 Å². The van der Waals surface area contributed by atoms with Crippen LogP contribution in [0.3, 0.4) is 0 Å². The quantitative estimate of drug-likeness (QED) is 0.427. The molecular formula is C12H27NO2S. The Labute approximate surface area is 106 Å². The van der Waals surface area contributed by atoms with Crippen LogP contribution in [0.25, 0.3) is 0 Å². The first-order chi connectivity index (χ1) is 7.54. The smallest absolute Gasteiger partial charge is 0.306 e. The standard InChI is InChI=1S/C9H18O2S.C3H9N/c1-2-3-4-5-7-11-9(10)6-8-12;1-4(2)3/h12H,2-8H2,1H3;1-3H3. The third-order valence-electron chi connectivity index (χ3n) is 1.58. The van der Waals surface area contributed by atoms with Gasteiger partial charge in [0.15, 0.2) is 0 Å². The summed E-state index contributed by atoms with van der Waals surface area (Å²) in [5.74, 6) is 0.454. The zero-order valence-corrected chi connectivity index (χ0v) is 12.1. The number of carbonyl (C=O) groups excluding carboxylic acids is 1. The molecule has 0 amide bonds. The first kappa shape index (κ1) is 18.2. The molecule has 0 aromatic rings. The third kappa shape index (κ3) is 23.5. The summed E-state index contributed by atoms with van der Waals surface area (Å²) >= 11 is 3.94. The van der Waals surface area contributed by atoms with Crippen molar-refractivity contribution in [3.05, 3.63) is 0 Å². The molecule has 0 heterocycles. The van der Waals surface area contributed by atoms with E-state index in [9.17, 15) is 4.79 Å². The van der Waals surface area contributed by atoms with Gasteiger partial charge >= 0.3 is 5.97 Å². The summed E-state index contributed by atoms with van der Waals surface area (Å²) in [5.41, 5.74) is 0. The van der Waals surface area contributed by atoms with Crippen LogP contribution in [0.15, 0.2) is 0 Å². The number of carbonyl (C=O) groups is 1. The minimum absolute atomic E-state index is 0.124. The maximum atomic E-state index is 10.8. The van der Waals surface area contributed by atoms with Crippen molar-refractivity contribution in [2.75, 3.05) is 33.5 Å². The summed E-state index contributed by atoms with van der Waals surface area (Å²) in [4.78, 5) is 12.8. The van der Waals surface area contributed by atoms with Crippen molar-refractivity contribution in [3.63, 3.8) is 0 Å². The van der Waals surface area contributed by atoms with Crippen molar-refractivity contribution < 1.29 is 9.53 Å². The molecule has 0 aliphatic carbocycles. The molecule has 0 aromatic carbocycles. The van der Waals surface area contributed by atoms with E-state index in [0.29, 0.717) is 18.8 Å². The Balaban J connectivity index is 0. The lowest BCUT2D eigenvalue weighted by Gasteiger charge is -2.02. The Morgan fingerprint density at radius 2 is 1.75 bits per heavy atom. The van der Waals surface area contributed by atoms with Crippen LogP contribution in [0, 0.1) is 0 Å². The molecule has 0 N–H and O–H groups in total. The molecule has 4 heteroatoms. The van der Waals surface area contributed by atoms with Crippen LogP contribution in [-0.4, -0.2) is 44.4 Å². The highest BCUT2D eigenvalue weighted by Crippen LogP contribution is 1.99. The predicted octanol–water partition coefficient (Wildman–Crippen LogP) is 2.61. The SMILES string of the molecule is CCCCCCOC(=O)CCS.CN(C)C. The summed E-state index contributed by atoms with van der Waals surface area (Å²) in [7, 11) is 6.00. The molecule has 0 aliphatic heterocycles. The Bertz CT molecular complexity index is 149. The molecule has 16 heavy (non-hydrogen) atoms. The van der Waals surface area contributed by atoms with Crippen molar-refractivity contribution >= 4 is 18.6 Å². The van der Waals surface area contributed by atoms with E-state index >= 15 is 0 Å². The van der Waals surface area contributed by atoms with Gasteiger partial charge in [-0.3, -0.25) is 4.79 Å².